The summed E-state index contributed by atoms with van der Waals surface area (Å²) in [5.74, 6) is -0.232. The Morgan fingerprint density at radius 3 is 1.35 bits per heavy atom. The number of halogens is 7. The van der Waals surface area contributed by atoms with E-state index in [2.05, 4.69) is 31.4 Å². The van der Waals surface area contributed by atoms with Gasteiger partial charge in [-0.1, -0.05) is 108 Å². The number of alkyl halides is 1. The summed E-state index contributed by atoms with van der Waals surface area (Å²) in [4.78, 5) is 56.4. The quantitative estimate of drug-likeness (QED) is 0.0445. The van der Waals surface area contributed by atoms with E-state index >= 15 is 0 Å². The number of aromatic nitrogens is 3. The number of pyridine rings is 3. The zero-order valence-corrected chi connectivity index (χ0v) is 43.0. The zero-order chi connectivity index (χ0) is 50.7. The molecular formula is C51H55Cl7N6O5. The van der Waals surface area contributed by atoms with Gasteiger partial charge < -0.3 is 5.73 Å². The smallest absolute Gasteiger partial charge is 0.278 e. The highest BCUT2D eigenvalue weighted by atomic mass is 35.5. The number of hydrogen-bond acceptors (Lipinski definition) is 10. The first-order chi connectivity index (χ1) is 32.7. The number of nitrogens with zero attached hydrogens (tertiary/aromatic N) is 4. The number of nitrogens with one attached hydrogen (secondary N) is 1. The molecule has 0 fully saturated rings. The fourth-order valence-electron chi connectivity index (χ4n) is 5.06. The Bertz CT molecular complexity index is 2480. The van der Waals surface area contributed by atoms with Crippen LogP contribution in [0.2, 0.25) is 20.1 Å². The van der Waals surface area contributed by atoms with Crippen molar-refractivity contribution >= 4 is 98.3 Å². The average Bonchev–Trinajstić information content (AvgIpc) is 3.36. The molecule has 0 spiro atoms. The van der Waals surface area contributed by atoms with Crippen molar-refractivity contribution in [2.24, 2.45) is 5.73 Å². The molecule has 4 aromatic carbocycles. The third-order valence-corrected chi connectivity index (χ3v) is 10.2. The Morgan fingerprint density at radius 1 is 0.609 bits per heavy atom. The van der Waals surface area contributed by atoms with Crippen LogP contribution in [0.5, 0.6) is 0 Å². The third-order valence-electron chi connectivity index (χ3n) is 8.47. The number of rotatable bonds is 10. The Balaban J connectivity index is 0.000000828. The monoisotopic (exact) mass is 1080 g/mol. The second-order valence-electron chi connectivity index (χ2n) is 13.1. The summed E-state index contributed by atoms with van der Waals surface area (Å²) in [5.41, 5.74) is 11.8. The summed E-state index contributed by atoms with van der Waals surface area (Å²) in [6, 6.07) is 39.7. The van der Waals surface area contributed by atoms with E-state index in [1.54, 1.807) is 97.8 Å². The molecule has 69 heavy (non-hydrogen) atoms. The number of benzene rings is 4. The molecule has 3 aromatic heterocycles. The molecule has 7 rings (SSSR count). The maximum absolute atomic E-state index is 11.9. The first-order valence-corrected chi connectivity index (χ1v) is 23.0. The number of hydrogen-bond donors (Lipinski definition) is 2. The van der Waals surface area contributed by atoms with Gasteiger partial charge in [-0.25, -0.2) is 5.06 Å². The van der Waals surface area contributed by atoms with E-state index in [1.807, 2.05) is 84.7 Å². The van der Waals surface area contributed by atoms with E-state index < -0.39 is 5.24 Å². The van der Waals surface area contributed by atoms with Crippen LogP contribution in [0.4, 0.5) is 0 Å². The molecule has 0 aliphatic heterocycles. The van der Waals surface area contributed by atoms with E-state index in [0.717, 1.165) is 27.6 Å². The maximum atomic E-state index is 11.9. The SMILES string of the molecule is C.CCl.CON(C)C(=O)c1ccccc1Cl.CONCl.Cc1ccncc1.NC(Cc1ccncc1)c1ccccc1Cl.O=C(Cc1ccncc1)c1ccccc1Cl.O=C(Cl)c1ccccc1Cl. The molecule has 3 N–H and O–H groups in total. The molecule has 0 radical (unpaired) electrons. The number of hydroxylamine groups is 2. The number of ketones is 1. The van der Waals surface area contributed by atoms with E-state index in [0.29, 0.717) is 38.2 Å². The van der Waals surface area contributed by atoms with Crippen molar-refractivity contribution < 1.29 is 24.1 Å². The molecule has 368 valence electrons. The minimum atomic E-state index is -0.523. The molecule has 0 bridgehead atoms. The van der Waals surface area contributed by atoms with Crippen LogP contribution >= 0.6 is 81.4 Å². The first kappa shape index (κ1) is 64.0. The van der Waals surface area contributed by atoms with Gasteiger partial charge in [0.25, 0.3) is 11.1 Å². The van der Waals surface area contributed by atoms with Gasteiger partial charge in [-0.15, -0.1) is 16.6 Å². The summed E-state index contributed by atoms with van der Waals surface area (Å²) in [6.45, 7) is 2.04. The predicted molar refractivity (Wildman–Crippen MR) is 286 cm³/mol. The summed E-state index contributed by atoms with van der Waals surface area (Å²) in [7, 11) is 4.40. The van der Waals surface area contributed by atoms with E-state index in [9.17, 15) is 14.4 Å². The molecule has 18 heteroatoms. The van der Waals surface area contributed by atoms with Crippen molar-refractivity contribution in [3.8, 4) is 0 Å². The van der Waals surface area contributed by atoms with Crippen molar-refractivity contribution in [1.29, 1.82) is 0 Å². The van der Waals surface area contributed by atoms with Crippen LogP contribution in [0.15, 0.2) is 171 Å². The molecule has 7 aromatic rings. The molecule has 0 saturated heterocycles. The highest BCUT2D eigenvalue weighted by Crippen LogP contribution is 2.24. The van der Waals surface area contributed by atoms with Crippen LogP contribution in [0, 0.1) is 6.92 Å². The van der Waals surface area contributed by atoms with Crippen molar-refractivity contribution in [2.45, 2.75) is 33.2 Å². The summed E-state index contributed by atoms with van der Waals surface area (Å²) in [5, 5.41) is 2.65. The molecule has 3 heterocycles. The molecule has 1 amide bonds. The molecule has 0 aliphatic rings. The van der Waals surface area contributed by atoms with Crippen LogP contribution < -0.4 is 10.7 Å². The van der Waals surface area contributed by atoms with Crippen LogP contribution in [-0.2, 0) is 22.5 Å². The average molecular weight is 1080 g/mol. The molecule has 1 atom stereocenters. The largest absolute Gasteiger partial charge is 0.324 e. The van der Waals surface area contributed by atoms with Gasteiger partial charge in [-0.2, -0.15) is 0 Å². The van der Waals surface area contributed by atoms with Crippen molar-refractivity contribution in [1.82, 2.24) is 25.0 Å². The zero-order valence-electron chi connectivity index (χ0n) is 37.7. The molecule has 0 saturated carbocycles. The normalized spacial score (nSPS) is 9.81. The van der Waals surface area contributed by atoms with Gasteiger partial charge in [-0.05, 0) is 126 Å². The van der Waals surface area contributed by atoms with Crippen LogP contribution in [0.1, 0.15) is 66.8 Å². The minimum absolute atomic E-state index is 0. The number of nitrogens with two attached hydrogens (primary N) is 1. The number of carbonyl (C=O) groups is 3. The molecule has 1 unspecified atom stereocenters. The molecular weight excluding hydrogens is 1020 g/mol. The highest BCUT2D eigenvalue weighted by molar-refractivity contribution is 6.68. The number of Topliss-reactive ketones (excluding diaryl/α,β-unsaturated/α-hetero) is 1. The van der Waals surface area contributed by atoms with Crippen molar-refractivity contribution in [2.75, 3.05) is 27.7 Å². The lowest BCUT2D eigenvalue weighted by Gasteiger charge is -2.13. The van der Waals surface area contributed by atoms with Crippen LogP contribution in [0.3, 0.4) is 0 Å². The predicted octanol–water partition coefficient (Wildman–Crippen LogP) is 14.0. The summed E-state index contributed by atoms with van der Waals surface area (Å²) < 4.78 is 0. The van der Waals surface area contributed by atoms with Crippen molar-refractivity contribution in [3.63, 3.8) is 0 Å². The highest BCUT2D eigenvalue weighted by Gasteiger charge is 2.14. The topological polar surface area (TPSA) is 150 Å². The number of amides is 1. The lowest BCUT2D eigenvalue weighted by Crippen LogP contribution is -2.25. The van der Waals surface area contributed by atoms with Gasteiger partial charge in [0.2, 0.25) is 0 Å². The minimum Gasteiger partial charge on any atom is -0.324 e. The Hall–Kier alpha value is -4.99. The van der Waals surface area contributed by atoms with Gasteiger partial charge in [0.05, 0.1) is 40.4 Å². The fraction of sp³-hybridized carbons (Fsp3) is 0.176. The van der Waals surface area contributed by atoms with Crippen LogP contribution in [0.25, 0.3) is 0 Å². The van der Waals surface area contributed by atoms with Gasteiger partial charge >= 0.3 is 0 Å². The van der Waals surface area contributed by atoms with Gasteiger partial charge in [0, 0.05) is 85.4 Å². The first-order valence-electron chi connectivity index (χ1n) is 19.9. The number of carbonyl (C=O) groups excluding carboxylic acids is 3. The maximum Gasteiger partial charge on any atom is 0.278 e. The van der Waals surface area contributed by atoms with E-state index in [-0.39, 0.29) is 25.2 Å². The molecule has 11 nitrogen and oxygen atoms in total. The van der Waals surface area contributed by atoms with Gasteiger partial charge in [0.1, 0.15) is 0 Å². The van der Waals surface area contributed by atoms with Crippen LogP contribution in [-0.4, -0.2) is 64.6 Å². The Kier molecular flexibility index (Phi) is 36.0. The standard InChI is InChI=1S/C13H13ClN2.C13H10ClNO.C9H10ClNO2.C7H4Cl2O.C6H7N.CH4ClNO.CH3Cl.CH4/c14-12-4-2-1-3-11(12)13(15)9-10-5-7-16-8-6-10;14-12-4-2-1-3-11(12)13(16)9-10-5-7-15-8-6-10;1-11(13-2)9(12)7-5-3-4-6-8(7)10;8-6-4-2-1-3-5(6)7(9)10;1-6-2-4-7-5-3-6;1-4-3-2;1-2;/h1-8,13H,9,15H2;1-8H,9H2;3-6H,1-2H3;1-4H;2-5H,1H3;3H,1H3;1H3;1H4. The lowest BCUT2D eigenvalue weighted by atomic mass is 10.0. The number of aryl methyl sites for hydroxylation is 1. The van der Waals surface area contributed by atoms with Gasteiger partial charge in [0.15, 0.2) is 5.78 Å². The Labute approximate surface area is 440 Å². The summed E-state index contributed by atoms with van der Waals surface area (Å²) in [6.07, 6.45) is 13.1. The Morgan fingerprint density at radius 2 is 0.986 bits per heavy atom. The second kappa shape index (κ2) is 38.8. The molecule has 0 aliphatic carbocycles. The fourth-order valence-corrected chi connectivity index (χ4v) is 6.23. The van der Waals surface area contributed by atoms with Gasteiger partial charge in [-0.3, -0.25) is 39.0 Å². The lowest BCUT2D eigenvalue weighted by molar-refractivity contribution is -0.0756. The second-order valence-corrected chi connectivity index (χ2v) is 15.3. The third kappa shape index (κ3) is 26.5. The summed E-state index contributed by atoms with van der Waals surface area (Å²) >= 11 is 38.0. The van der Waals surface area contributed by atoms with Crippen molar-refractivity contribution in [3.05, 3.63) is 230 Å². The van der Waals surface area contributed by atoms with E-state index in [4.69, 9.17) is 80.4 Å². The van der Waals surface area contributed by atoms with E-state index in [1.165, 1.54) is 38.8 Å².